The van der Waals surface area contributed by atoms with Crippen LogP contribution in [0.4, 0.5) is 5.69 Å². The van der Waals surface area contributed by atoms with Crippen molar-refractivity contribution in [2.24, 2.45) is 0 Å². The second-order valence-corrected chi connectivity index (χ2v) is 8.56. The lowest BCUT2D eigenvalue weighted by Gasteiger charge is -2.09. The summed E-state index contributed by atoms with van der Waals surface area (Å²) < 4.78 is 1.06. The molecule has 0 aliphatic carbocycles. The molecule has 0 atom stereocenters. The van der Waals surface area contributed by atoms with E-state index in [1.54, 1.807) is 0 Å². The van der Waals surface area contributed by atoms with Crippen LogP contribution in [0.5, 0.6) is 0 Å². The van der Waals surface area contributed by atoms with Gasteiger partial charge in [0, 0.05) is 20.4 Å². The summed E-state index contributed by atoms with van der Waals surface area (Å²) in [7, 11) is 0. The molecule has 3 aromatic carbocycles. The molecule has 0 unspecified atom stereocenters. The maximum Gasteiger partial charge on any atom is 0.234 e. The first kappa shape index (κ1) is 20.5. The molecule has 0 radical (unpaired) electrons. The van der Waals surface area contributed by atoms with Gasteiger partial charge < -0.3 is 5.32 Å². The van der Waals surface area contributed by atoms with Crippen molar-refractivity contribution in [3.05, 3.63) is 88.5 Å². The molecule has 30 heavy (non-hydrogen) atoms. The highest BCUT2D eigenvalue weighted by Gasteiger charge is 2.14. The zero-order chi connectivity index (χ0) is 20.8. The van der Waals surface area contributed by atoms with Gasteiger partial charge in [0.15, 0.2) is 0 Å². The van der Waals surface area contributed by atoms with Crippen molar-refractivity contribution >= 4 is 45.9 Å². The highest BCUT2D eigenvalue weighted by molar-refractivity contribution is 14.1. The van der Waals surface area contributed by atoms with E-state index in [-0.39, 0.29) is 11.7 Å². The Morgan fingerprint density at radius 2 is 1.50 bits per heavy atom. The van der Waals surface area contributed by atoms with Crippen molar-refractivity contribution in [1.82, 2.24) is 15.2 Å². The van der Waals surface area contributed by atoms with Crippen molar-refractivity contribution < 1.29 is 4.79 Å². The minimum atomic E-state index is -0.112. The van der Waals surface area contributed by atoms with Gasteiger partial charge in [-0.05, 0) is 40.8 Å². The van der Waals surface area contributed by atoms with Gasteiger partial charge >= 0.3 is 0 Å². The third-order valence-electron chi connectivity index (χ3n) is 4.20. The van der Waals surface area contributed by atoms with E-state index in [1.807, 2.05) is 84.9 Å². The molecular weight excluding hydrogens is 507 g/mol. The van der Waals surface area contributed by atoms with Crippen LogP contribution in [0.15, 0.2) is 90.1 Å². The van der Waals surface area contributed by atoms with Crippen LogP contribution in [-0.2, 0) is 4.79 Å². The van der Waals surface area contributed by atoms with Crippen molar-refractivity contribution in [3.8, 4) is 22.5 Å². The normalized spacial score (nSPS) is 10.6. The number of halogens is 1. The summed E-state index contributed by atoms with van der Waals surface area (Å²) in [5.41, 5.74) is 4.14. The molecule has 0 saturated carbocycles. The topological polar surface area (TPSA) is 67.8 Å². The molecule has 148 valence electrons. The number of nitrogens with one attached hydrogen (secondary N) is 1. The molecule has 5 nitrogen and oxygen atoms in total. The Kier molecular flexibility index (Phi) is 6.70. The van der Waals surface area contributed by atoms with E-state index in [0.717, 1.165) is 31.8 Å². The number of aromatic nitrogens is 3. The predicted octanol–water partition coefficient (Wildman–Crippen LogP) is 5.54. The van der Waals surface area contributed by atoms with Crippen LogP contribution in [0.25, 0.3) is 22.5 Å². The van der Waals surface area contributed by atoms with Crippen LogP contribution in [0.2, 0.25) is 0 Å². The first-order chi connectivity index (χ1) is 14.7. The van der Waals surface area contributed by atoms with Crippen LogP contribution in [0.1, 0.15) is 0 Å². The minimum Gasteiger partial charge on any atom is -0.325 e. The number of hydrogen-bond donors (Lipinski definition) is 1. The third-order valence-corrected chi connectivity index (χ3v) is 5.71. The van der Waals surface area contributed by atoms with Gasteiger partial charge in [0.25, 0.3) is 0 Å². The molecule has 7 heteroatoms. The number of amides is 1. The number of carbonyl (C=O) groups excluding carboxylic acids is 1. The first-order valence-corrected chi connectivity index (χ1v) is 11.3. The molecule has 1 amide bonds. The van der Waals surface area contributed by atoms with Crippen molar-refractivity contribution in [2.45, 2.75) is 5.16 Å². The molecular formula is C23H17IN4OS. The van der Waals surface area contributed by atoms with Gasteiger partial charge in [-0.2, -0.15) is 0 Å². The highest BCUT2D eigenvalue weighted by Crippen LogP contribution is 2.29. The molecule has 4 aromatic rings. The molecule has 4 rings (SSSR count). The van der Waals surface area contributed by atoms with E-state index in [9.17, 15) is 4.79 Å². The second kappa shape index (κ2) is 9.82. The van der Waals surface area contributed by atoms with E-state index in [1.165, 1.54) is 11.8 Å². The monoisotopic (exact) mass is 524 g/mol. The SMILES string of the molecule is O=C(CSc1nnc(-c2ccccc2)c(-c2ccccc2)n1)Nc1cccc(I)c1. The van der Waals surface area contributed by atoms with Crippen LogP contribution in [0.3, 0.4) is 0 Å². The van der Waals surface area contributed by atoms with Crippen LogP contribution in [-0.4, -0.2) is 26.8 Å². The summed E-state index contributed by atoms with van der Waals surface area (Å²) in [5, 5.41) is 12.0. The fourth-order valence-electron chi connectivity index (χ4n) is 2.85. The molecule has 0 bridgehead atoms. The summed E-state index contributed by atoms with van der Waals surface area (Å²) >= 11 is 3.48. The van der Waals surface area contributed by atoms with Crippen LogP contribution >= 0.6 is 34.4 Å². The first-order valence-electron chi connectivity index (χ1n) is 9.23. The van der Waals surface area contributed by atoms with Gasteiger partial charge in [-0.3, -0.25) is 4.79 Å². The molecule has 1 aromatic heterocycles. The maximum absolute atomic E-state index is 12.3. The van der Waals surface area contributed by atoms with Gasteiger partial charge in [0.2, 0.25) is 11.1 Å². The number of hydrogen-bond acceptors (Lipinski definition) is 5. The summed E-state index contributed by atoms with van der Waals surface area (Å²) in [6.45, 7) is 0. The summed E-state index contributed by atoms with van der Waals surface area (Å²) in [6, 6.07) is 27.4. The van der Waals surface area contributed by atoms with E-state index in [4.69, 9.17) is 4.98 Å². The molecule has 0 aliphatic rings. The van der Waals surface area contributed by atoms with E-state index >= 15 is 0 Å². The highest BCUT2D eigenvalue weighted by atomic mass is 127. The van der Waals surface area contributed by atoms with E-state index in [0.29, 0.717) is 5.16 Å². The fourth-order valence-corrected chi connectivity index (χ4v) is 3.98. The van der Waals surface area contributed by atoms with Crippen molar-refractivity contribution in [3.63, 3.8) is 0 Å². The standard InChI is InChI=1S/C23H17IN4OS/c24-18-12-7-13-19(14-18)25-20(29)15-30-23-26-21(16-8-3-1-4-9-16)22(27-28-23)17-10-5-2-6-11-17/h1-14H,15H2,(H,25,29). The molecule has 0 saturated heterocycles. The Hall–Kier alpha value is -2.78. The lowest BCUT2D eigenvalue weighted by Crippen LogP contribution is -2.14. The average Bonchev–Trinajstić information content (AvgIpc) is 2.79. The third kappa shape index (κ3) is 5.22. The van der Waals surface area contributed by atoms with Gasteiger partial charge in [-0.25, -0.2) is 4.98 Å². The summed E-state index contributed by atoms with van der Waals surface area (Å²) in [6.07, 6.45) is 0. The number of thioether (sulfide) groups is 1. The van der Waals surface area contributed by atoms with Crippen molar-refractivity contribution in [2.75, 3.05) is 11.1 Å². The van der Waals surface area contributed by atoms with Gasteiger partial charge in [0.05, 0.1) is 5.75 Å². The Balaban J connectivity index is 1.55. The zero-order valence-electron chi connectivity index (χ0n) is 15.8. The molecule has 1 N–H and O–H groups in total. The number of rotatable bonds is 6. The molecule has 0 fully saturated rings. The van der Waals surface area contributed by atoms with Gasteiger partial charge in [0.1, 0.15) is 11.4 Å². The summed E-state index contributed by atoms with van der Waals surface area (Å²) in [4.78, 5) is 17.1. The van der Waals surface area contributed by atoms with Gasteiger partial charge in [-0.1, -0.05) is 78.5 Å². The smallest absolute Gasteiger partial charge is 0.234 e. The predicted molar refractivity (Wildman–Crippen MR) is 129 cm³/mol. The largest absolute Gasteiger partial charge is 0.325 e. The quantitative estimate of drug-likeness (QED) is 0.265. The number of carbonyl (C=O) groups is 1. The fraction of sp³-hybridized carbons (Fsp3) is 0.0435. The minimum absolute atomic E-state index is 0.112. The lowest BCUT2D eigenvalue weighted by molar-refractivity contribution is -0.113. The Morgan fingerprint density at radius 1 is 0.833 bits per heavy atom. The number of anilines is 1. The molecule has 0 spiro atoms. The molecule has 0 aliphatic heterocycles. The Bertz CT molecular complexity index is 1160. The second-order valence-electron chi connectivity index (χ2n) is 6.37. The lowest BCUT2D eigenvalue weighted by atomic mass is 10.0. The zero-order valence-corrected chi connectivity index (χ0v) is 18.8. The maximum atomic E-state index is 12.3. The molecule has 1 heterocycles. The van der Waals surface area contributed by atoms with E-state index in [2.05, 4.69) is 38.1 Å². The van der Waals surface area contributed by atoms with Crippen LogP contribution in [0, 0.1) is 3.57 Å². The number of nitrogens with zero attached hydrogens (tertiary/aromatic N) is 3. The number of benzene rings is 3. The Morgan fingerprint density at radius 3 is 2.17 bits per heavy atom. The van der Waals surface area contributed by atoms with Crippen molar-refractivity contribution in [1.29, 1.82) is 0 Å². The summed E-state index contributed by atoms with van der Waals surface area (Å²) in [5.74, 6) is 0.0884. The average molecular weight is 524 g/mol. The van der Waals surface area contributed by atoms with Gasteiger partial charge in [-0.15, -0.1) is 10.2 Å². The van der Waals surface area contributed by atoms with Crippen LogP contribution < -0.4 is 5.32 Å². The van der Waals surface area contributed by atoms with E-state index < -0.39 is 0 Å². The Labute approximate surface area is 192 Å².